The molecule has 1 fully saturated rings. The highest BCUT2D eigenvalue weighted by Gasteiger charge is 2.31. The Labute approximate surface area is 207 Å². The van der Waals surface area contributed by atoms with E-state index >= 15 is 0 Å². The van der Waals surface area contributed by atoms with Crippen molar-refractivity contribution < 1.29 is 29.0 Å². The summed E-state index contributed by atoms with van der Waals surface area (Å²) in [6.45, 7) is 9.44. The van der Waals surface area contributed by atoms with Gasteiger partial charge in [-0.3, -0.25) is 9.59 Å². The largest absolute Gasteiger partial charge is 0.479 e. The van der Waals surface area contributed by atoms with Gasteiger partial charge < -0.3 is 25.8 Å². The van der Waals surface area contributed by atoms with Gasteiger partial charge in [-0.25, -0.2) is 9.59 Å². The van der Waals surface area contributed by atoms with Crippen LogP contribution in [-0.2, 0) is 19.1 Å². The molecular weight excluding hydrogens is 450 g/mol. The number of nitrogens with one attached hydrogen (secondary N) is 3. The standard InChI is InChI=1S/C26H39N3O6/c1-16(2)20(29-25(34)35-26(3,4)5)23(31)27-15-17-11-13-19(14-12-17)22(30)28-21(24(32)33)18-9-7-6-8-10-18/h6-10,16-17,19-21H,11-15H2,1-5H3,(H,27,31)(H,28,30)(H,29,34)(H,32,33)/t17?,19?,20-,21+/m0/s1. The average Bonchev–Trinajstić information content (AvgIpc) is 2.78. The molecule has 1 aromatic rings. The first-order chi connectivity index (χ1) is 16.4. The number of amides is 3. The highest BCUT2D eigenvalue weighted by molar-refractivity contribution is 5.86. The fraction of sp³-hybridized carbons (Fsp3) is 0.615. The molecular formula is C26H39N3O6. The maximum Gasteiger partial charge on any atom is 0.408 e. The van der Waals surface area contributed by atoms with Crippen LogP contribution in [-0.4, -0.2) is 47.2 Å². The molecule has 2 atom stereocenters. The average molecular weight is 490 g/mol. The van der Waals surface area contributed by atoms with Crippen molar-refractivity contribution in [3.63, 3.8) is 0 Å². The second-order valence-corrected chi connectivity index (χ2v) is 10.5. The molecule has 1 saturated carbocycles. The Bertz CT molecular complexity index is 873. The number of aliphatic carboxylic acids is 1. The van der Waals surface area contributed by atoms with Crippen molar-refractivity contribution in [1.82, 2.24) is 16.0 Å². The molecule has 35 heavy (non-hydrogen) atoms. The number of hydrogen-bond donors (Lipinski definition) is 4. The summed E-state index contributed by atoms with van der Waals surface area (Å²) in [6.07, 6.45) is 2.10. The van der Waals surface area contributed by atoms with Gasteiger partial charge in [0.1, 0.15) is 11.6 Å². The van der Waals surface area contributed by atoms with Crippen LogP contribution in [0.1, 0.15) is 71.9 Å². The molecule has 0 spiro atoms. The minimum absolute atomic E-state index is 0.117. The Morgan fingerprint density at radius 3 is 2.11 bits per heavy atom. The van der Waals surface area contributed by atoms with Crippen LogP contribution in [0, 0.1) is 17.8 Å². The predicted molar refractivity (Wildman–Crippen MR) is 131 cm³/mol. The third kappa shape index (κ3) is 9.22. The van der Waals surface area contributed by atoms with E-state index in [2.05, 4.69) is 16.0 Å². The Hall–Kier alpha value is -3.10. The van der Waals surface area contributed by atoms with Crippen LogP contribution in [0.3, 0.4) is 0 Å². The zero-order valence-electron chi connectivity index (χ0n) is 21.3. The first kappa shape index (κ1) is 28.1. The van der Waals surface area contributed by atoms with E-state index in [1.165, 1.54) is 0 Å². The number of hydrogen-bond acceptors (Lipinski definition) is 5. The molecule has 1 aliphatic carbocycles. The van der Waals surface area contributed by atoms with E-state index in [1.54, 1.807) is 51.1 Å². The molecule has 2 rings (SSSR count). The Morgan fingerprint density at radius 1 is 1.00 bits per heavy atom. The van der Waals surface area contributed by atoms with Crippen LogP contribution in [0.5, 0.6) is 0 Å². The fourth-order valence-corrected chi connectivity index (χ4v) is 4.15. The van der Waals surface area contributed by atoms with E-state index in [4.69, 9.17) is 4.74 Å². The van der Waals surface area contributed by atoms with Crippen LogP contribution in [0.2, 0.25) is 0 Å². The second kappa shape index (κ2) is 12.6. The van der Waals surface area contributed by atoms with Crippen LogP contribution in [0.15, 0.2) is 30.3 Å². The number of ether oxygens (including phenoxy) is 1. The summed E-state index contributed by atoms with van der Waals surface area (Å²) in [6, 6.07) is 6.85. The van der Waals surface area contributed by atoms with Crippen molar-refractivity contribution >= 4 is 23.9 Å². The third-order valence-electron chi connectivity index (χ3n) is 6.07. The molecule has 194 valence electrons. The monoisotopic (exact) mass is 489 g/mol. The van der Waals surface area contributed by atoms with Crippen molar-refractivity contribution in [3.8, 4) is 0 Å². The Balaban J connectivity index is 1.82. The van der Waals surface area contributed by atoms with Gasteiger partial charge in [-0.2, -0.15) is 0 Å². The number of carbonyl (C=O) groups is 4. The van der Waals surface area contributed by atoms with Crippen molar-refractivity contribution in [2.45, 2.75) is 78.0 Å². The molecule has 0 radical (unpaired) electrons. The van der Waals surface area contributed by atoms with Crippen LogP contribution >= 0.6 is 0 Å². The second-order valence-electron chi connectivity index (χ2n) is 10.5. The summed E-state index contributed by atoms with van der Waals surface area (Å²) >= 11 is 0. The van der Waals surface area contributed by atoms with Crippen LogP contribution in [0.25, 0.3) is 0 Å². The Morgan fingerprint density at radius 2 is 1.60 bits per heavy atom. The minimum atomic E-state index is -1.10. The molecule has 0 saturated heterocycles. The summed E-state index contributed by atoms with van der Waals surface area (Å²) in [7, 11) is 0. The lowest BCUT2D eigenvalue weighted by atomic mass is 9.81. The summed E-state index contributed by atoms with van der Waals surface area (Å²) in [5.41, 5.74) is -0.122. The van der Waals surface area contributed by atoms with Crippen molar-refractivity contribution in [2.75, 3.05) is 6.54 Å². The van der Waals surface area contributed by atoms with Gasteiger partial charge in [0.15, 0.2) is 6.04 Å². The predicted octanol–water partition coefficient (Wildman–Crippen LogP) is 3.40. The molecule has 3 amide bonds. The number of alkyl carbamates (subject to hydrolysis) is 1. The van der Waals surface area contributed by atoms with Gasteiger partial charge in [0.05, 0.1) is 0 Å². The SMILES string of the molecule is CC(C)[C@H](NC(=O)OC(C)(C)C)C(=O)NCC1CCC(C(=O)N[C@@H](C(=O)O)c2ccccc2)CC1. The smallest absolute Gasteiger partial charge is 0.408 e. The molecule has 1 aromatic carbocycles. The first-order valence-corrected chi connectivity index (χ1v) is 12.2. The van der Waals surface area contributed by atoms with E-state index in [0.29, 0.717) is 24.9 Å². The van der Waals surface area contributed by atoms with Gasteiger partial charge in [-0.15, -0.1) is 0 Å². The highest BCUT2D eigenvalue weighted by Crippen LogP contribution is 2.29. The highest BCUT2D eigenvalue weighted by atomic mass is 16.6. The summed E-state index contributed by atoms with van der Waals surface area (Å²) in [4.78, 5) is 49.2. The van der Waals surface area contributed by atoms with Crippen LogP contribution in [0.4, 0.5) is 4.79 Å². The van der Waals surface area contributed by atoms with E-state index in [0.717, 1.165) is 12.8 Å². The molecule has 4 N–H and O–H groups in total. The maximum atomic E-state index is 12.7. The number of carboxylic acids is 1. The molecule has 0 aromatic heterocycles. The van der Waals surface area contributed by atoms with E-state index in [-0.39, 0.29) is 29.6 Å². The van der Waals surface area contributed by atoms with Gasteiger partial charge in [0, 0.05) is 12.5 Å². The van der Waals surface area contributed by atoms with E-state index in [9.17, 15) is 24.3 Å². The van der Waals surface area contributed by atoms with Crippen LogP contribution < -0.4 is 16.0 Å². The maximum absolute atomic E-state index is 12.7. The van der Waals surface area contributed by atoms with Gasteiger partial charge in [0.2, 0.25) is 11.8 Å². The lowest BCUT2D eigenvalue weighted by Gasteiger charge is -2.30. The zero-order chi connectivity index (χ0) is 26.2. The summed E-state index contributed by atoms with van der Waals surface area (Å²) in [5, 5.41) is 17.8. The molecule has 0 unspecified atom stereocenters. The summed E-state index contributed by atoms with van der Waals surface area (Å²) in [5.74, 6) is -1.79. The van der Waals surface area contributed by atoms with Crippen molar-refractivity contribution in [2.24, 2.45) is 17.8 Å². The topological polar surface area (TPSA) is 134 Å². The molecule has 0 bridgehead atoms. The molecule has 0 aliphatic heterocycles. The zero-order valence-corrected chi connectivity index (χ0v) is 21.3. The third-order valence-corrected chi connectivity index (χ3v) is 6.07. The first-order valence-electron chi connectivity index (χ1n) is 12.2. The lowest BCUT2D eigenvalue weighted by molar-refractivity contribution is -0.143. The van der Waals surface area contributed by atoms with E-state index < -0.39 is 29.7 Å². The quantitative estimate of drug-likeness (QED) is 0.420. The molecule has 9 nitrogen and oxygen atoms in total. The number of carboxylic acid groups (broad SMARTS) is 1. The van der Waals surface area contributed by atoms with Crippen molar-refractivity contribution in [1.29, 1.82) is 0 Å². The Kier molecular flexibility index (Phi) is 10.1. The number of benzene rings is 1. The minimum Gasteiger partial charge on any atom is -0.479 e. The summed E-state index contributed by atoms with van der Waals surface area (Å²) < 4.78 is 5.26. The lowest BCUT2D eigenvalue weighted by Crippen LogP contribution is -2.51. The molecule has 9 heteroatoms. The van der Waals surface area contributed by atoms with Gasteiger partial charge in [-0.1, -0.05) is 44.2 Å². The normalized spacial score (nSPS) is 19.8. The number of rotatable bonds is 9. The number of carbonyl (C=O) groups excluding carboxylic acids is 3. The fourth-order valence-electron chi connectivity index (χ4n) is 4.15. The van der Waals surface area contributed by atoms with Gasteiger partial charge >= 0.3 is 12.1 Å². The van der Waals surface area contributed by atoms with Gasteiger partial charge in [0.25, 0.3) is 0 Å². The van der Waals surface area contributed by atoms with E-state index in [1.807, 2.05) is 13.8 Å². The molecule has 0 heterocycles. The van der Waals surface area contributed by atoms with Crippen molar-refractivity contribution in [3.05, 3.63) is 35.9 Å². The van der Waals surface area contributed by atoms with Gasteiger partial charge in [-0.05, 0) is 63.9 Å². The molecule has 1 aliphatic rings.